The Morgan fingerprint density at radius 3 is 2.45 bits per heavy atom. The van der Waals surface area contributed by atoms with Crippen LogP contribution in [0.2, 0.25) is 0 Å². The smallest absolute Gasteiger partial charge is 0.322 e. The van der Waals surface area contributed by atoms with Gasteiger partial charge < -0.3 is 20.5 Å². The van der Waals surface area contributed by atoms with Crippen LogP contribution in [0.4, 0.5) is 0 Å². The molecule has 0 aromatic heterocycles. The van der Waals surface area contributed by atoms with Crippen LogP contribution in [0.15, 0.2) is 0 Å². The lowest BCUT2D eigenvalue weighted by atomic mass is 10.0. The predicted molar refractivity (Wildman–Crippen MR) is 79.2 cm³/mol. The number of amides is 2. The van der Waals surface area contributed by atoms with Gasteiger partial charge in [-0.05, 0) is 18.8 Å². The van der Waals surface area contributed by atoms with Crippen LogP contribution in [-0.2, 0) is 19.1 Å². The van der Waals surface area contributed by atoms with Crippen molar-refractivity contribution < 1.29 is 24.2 Å². The van der Waals surface area contributed by atoms with Gasteiger partial charge in [0.15, 0.2) is 0 Å². The molecule has 3 atom stereocenters. The Bertz CT molecular complexity index is 413. The van der Waals surface area contributed by atoms with Crippen molar-refractivity contribution in [3.63, 3.8) is 0 Å². The third-order valence-corrected chi connectivity index (χ3v) is 3.30. The summed E-state index contributed by atoms with van der Waals surface area (Å²) in [5.41, 5.74) is 0. The summed E-state index contributed by atoms with van der Waals surface area (Å²) in [5.74, 6) is -1.56. The molecular formula is C14H25N3O5. The largest absolute Gasteiger partial charge is 0.480 e. The lowest BCUT2D eigenvalue weighted by Gasteiger charge is -2.20. The van der Waals surface area contributed by atoms with Crippen molar-refractivity contribution in [1.29, 1.82) is 0 Å². The first-order valence-corrected chi connectivity index (χ1v) is 7.42. The van der Waals surface area contributed by atoms with Crippen LogP contribution in [0, 0.1) is 5.92 Å². The number of carboxylic acids is 1. The van der Waals surface area contributed by atoms with E-state index in [1.165, 1.54) is 0 Å². The molecule has 126 valence electrons. The van der Waals surface area contributed by atoms with Crippen LogP contribution < -0.4 is 16.0 Å². The van der Waals surface area contributed by atoms with Crippen LogP contribution >= 0.6 is 0 Å². The molecule has 2 amide bonds. The van der Waals surface area contributed by atoms with Gasteiger partial charge in [-0.25, -0.2) is 0 Å². The van der Waals surface area contributed by atoms with Crippen LogP contribution in [0.1, 0.15) is 26.7 Å². The first-order valence-electron chi connectivity index (χ1n) is 7.42. The molecule has 8 heteroatoms. The Labute approximate surface area is 130 Å². The lowest BCUT2D eigenvalue weighted by molar-refractivity contribution is -0.137. The van der Waals surface area contributed by atoms with E-state index in [0.717, 1.165) is 0 Å². The Balaban J connectivity index is 2.48. The third kappa shape index (κ3) is 5.98. The predicted octanol–water partition coefficient (Wildman–Crippen LogP) is -0.905. The van der Waals surface area contributed by atoms with E-state index in [1.54, 1.807) is 7.11 Å². The van der Waals surface area contributed by atoms with Gasteiger partial charge in [0, 0.05) is 20.3 Å². The number of rotatable bonds is 10. The number of carbonyl (C=O) groups is 3. The van der Waals surface area contributed by atoms with Gasteiger partial charge in [0.05, 0.1) is 0 Å². The highest BCUT2D eigenvalue weighted by atomic mass is 16.5. The molecule has 8 nitrogen and oxygen atoms in total. The van der Waals surface area contributed by atoms with E-state index in [9.17, 15) is 14.4 Å². The molecular weight excluding hydrogens is 290 g/mol. The molecule has 1 fully saturated rings. The van der Waals surface area contributed by atoms with E-state index in [4.69, 9.17) is 9.84 Å². The molecule has 22 heavy (non-hydrogen) atoms. The van der Waals surface area contributed by atoms with Crippen LogP contribution in [0.3, 0.4) is 0 Å². The second-order valence-electron chi connectivity index (χ2n) is 5.79. The zero-order valence-corrected chi connectivity index (χ0v) is 13.2. The zero-order valence-electron chi connectivity index (χ0n) is 13.2. The van der Waals surface area contributed by atoms with E-state index in [2.05, 4.69) is 16.0 Å². The number of aliphatic carboxylic acids is 1. The highest BCUT2D eigenvalue weighted by molar-refractivity contribution is 5.97. The number of ether oxygens (including phenoxy) is 1. The van der Waals surface area contributed by atoms with Gasteiger partial charge in [-0.2, -0.15) is 0 Å². The molecule has 0 aromatic carbocycles. The number of methoxy groups -OCH3 is 1. The highest BCUT2D eigenvalue weighted by Gasteiger charge is 2.48. The fraction of sp³-hybridized carbons (Fsp3) is 0.786. The lowest BCUT2D eigenvalue weighted by Crippen LogP contribution is -2.49. The standard InChI is InChI=1S/C14H25N3O5/c1-8(2)7-9(12(18)15-5-4-6-22-3)16-13(19)10-11(17-10)14(20)21/h8-11,17H,4-7H2,1-3H3,(H,15,18)(H,16,19)(H,20,21)/t9-,10-,11-/m0/s1. The summed E-state index contributed by atoms with van der Waals surface area (Å²) < 4.78 is 4.90. The van der Waals surface area contributed by atoms with Crippen molar-refractivity contribution in [2.45, 2.75) is 44.8 Å². The Morgan fingerprint density at radius 1 is 1.27 bits per heavy atom. The van der Waals surface area contributed by atoms with Crippen LogP contribution in [-0.4, -0.2) is 61.3 Å². The normalized spacial score (nSPS) is 21.3. The maximum atomic E-state index is 12.1. The van der Waals surface area contributed by atoms with Crippen molar-refractivity contribution >= 4 is 17.8 Å². The third-order valence-electron chi connectivity index (χ3n) is 3.30. The van der Waals surface area contributed by atoms with Gasteiger partial charge in [0.1, 0.15) is 18.1 Å². The quantitative estimate of drug-likeness (QED) is 0.305. The minimum atomic E-state index is -1.07. The minimum absolute atomic E-state index is 0.220. The van der Waals surface area contributed by atoms with Crippen molar-refractivity contribution in [3.8, 4) is 0 Å². The Kier molecular flexibility index (Phi) is 7.26. The molecule has 1 aliphatic rings. The van der Waals surface area contributed by atoms with Gasteiger partial charge in [-0.15, -0.1) is 0 Å². The molecule has 0 aliphatic carbocycles. The monoisotopic (exact) mass is 315 g/mol. The van der Waals surface area contributed by atoms with Gasteiger partial charge in [-0.1, -0.05) is 13.8 Å². The van der Waals surface area contributed by atoms with E-state index in [1.807, 2.05) is 13.8 Å². The number of carbonyl (C=O) groups excluding carboxylic acids is 2. The van der Waals surface area contributed by atoms with Gasteiger partial charge >= 0.3 is 5.97 Å². The molecule has 1 rings (SSSR count). The van der Waals surface area contributed by atoms with Crippen molar-refractivity contribution in [2.24, 2.45) is 5.92 Å². The maximum Gasteiger partial charge on any atom is 0.322 e. The zero-order chi connectivity index (χ0) is 16.7. The second-order valence-corrected chi connectivity index (χ2v) is 5.79. The minimum Gasteiger partial charge on any atom is -0.480 e. The van der Waals surface area contributed by atoms with Gasteiger partial charge in [0.25, 0.3) is 0 Å². The topological polar surface area (TPSA) is 127 Å². The molecule has 0 spiro atoms. The van der Waals surface area contributed by atoms with Crippen molar-refractivity contribution in [1.82, 2.24) is 16.0 Å². The number of nitrogens with one attached hydrogen (secondary N) is 3. The molecule has 0 unspecified atom stereocenters. The number of carboxylic acid groups (broad SMARTS) is 1. The molecule has 1 aliphatic heterocycles. The highest BCUT2D eigenvalue weighted by Crippen LogP contribution is 2.12. The fourth-order valence-corrected chi connectivity index (χ4v) is 2.09. The van der Waals surface area contributed by atoms with Gasteiger partial charge in [0.2, 0.25) is 11.8 Å². The van der Waals surface area contributed by atoms with E-state index in [-0.39, 0.29) is 11.8 Å². The first kappa shape index (κ1) is 18.4. The summed E-state index contributed by atoms with van der Waals surface area (Å²) in [6, 6.07) is -2.27. The average Bonchev–Trinajstić information content (AvgIpc) is 3.22. The summed E-state index contributed by atoms with van der Waals surface area (Å²) in [6.45, 7) is 4.92. The summed E-state index contributed by atoms with van der Waals surface area (Å²) in [6.07, 6.45) is 1.18. The van der Waals surface area contributed by atoms with E-state index >= 15 is 0 Å². The van der Waals surface area contributed by atoms with Gasteiger partial charge in [-0.3, -0.25) is 19.7 Å². The molecule has 4 N–H and O–H groups in total. The van der Waals surface area contributed by atoms with Crippen LogP contribution in [0.5, 0.6) is 0 Å². The Hall–Kier alpha value is -1.67. The number of hydrogen-bond acceptors (Lipinski definition) is 5. The maximum absolute atomic E-state index is 12.1. The van der Waals surface area contributed by atoms with Crippen LogP contribution in [0.25, 0.3) is 0 Å². The first-order chi connectivity index (χ1) is 10.4. The molecule has 0 saturated carbocycles. The van der Waals surface area contributed by atoms with Crippen molar-refractivity contribution in [3.05, 3.63) is 0 Å². The summed E-state index contributed by atoms with van der Waals surface area (Å²) in [7, 11) is 1.59. The number of hydrogen-bond donors (Lipinski definition) is 4. The second kappa shape index (κ2) is 8.70. The average molecular weight is 315 g/mol. The molecule has 0 aromatic rings. The summed E-state index contributed by atoms with van der Waals surface area (Å²) in [5, 5.41) is 16.7. The molecule has 1 saturated heterocycles. The fourth-order valence-electron chi connectivity index (χ4n) is 2.09. The van der Waals surface area contributed by atoms with Crippen molar-refractivity contribution in [2.75, 3.05) is 20.3 Å². The SMILES string of the molecule is COCCCNC(=O)[C@H](CC(C)C)NC(=O)[C@H]1N[C@@H]1C(=O)O. The Morgan fingerprint density at radius 2 is 1.95 bits per heavy atom. The summed E-state index contributed by atoms with van der Waals surface area (Å²) in [4.78, 5) is 34.8. The molecule has 0 radical (unpaired) electrons. The molecule has 1 heterocycles. The van der Waals surface area contributed by atoms with E-state index in [0.29, 0.717) is 26.0 Å². The van der Waals surface area contributed by atoms with E-state index < -0.39 is 30.0 Å². The summed E-state index contributed by atoms with van der Waals surface area (Å²) >= 11 is 0. The molecule has 0 bridgehead atoms.